The van der Waals surface area contributed by atoms with Gasteiger partial charge >= 0.3 is 6.03 Å². The molecule has 8 heteroatoms. The number of carbonyl (C=O) groups excluding carboxylic acids is 2. The number of aryl methyl sites for hydroxylation is 1. The lowest BCUT2D eigenvalue weighted by atomic mass is 10.2. The molecule has 0 bridgehead atoms. The molecule has 1 aromatic heterocycles. The highest BCUT2D eigenvalue weighted by Crippen LogP contribution is 2.23. The Kier molecular flexibility index (Phi) is 4.20. The van der Waals surface area contributed by atoms with E-state index in [4.69, 9.17) is 16.1 Å². The molecule has 120 valence electrons. The summed E-state index contributed by atoms with van der Waals surface area (Å²) in [6.07, 6.45) is 0.244. The van der Waals surface area contributed by atoms with Crippen LogP contribution in [0.5, 0.6) is 0 Å². The van der Waals surface area contributed by atoms with Gasteiger partial charge in [-0.15, -0.1) is 0 Å². The van der Waals surface area contributed by atoms with E-state index in [2.05, 4.69) is 15.8 Å². The van der Waals surface area contributed by atoms with Crippen LogP contribution in [0, 0.1) is 6.92 Å². The molecular formula is C15H15ClN4O3. The number of benzene rings is 1. The van der Waals surface area contributed by atoms with Crippen LogP contribution in [-0.4, -0.2) is 29.7 Å². The molecule has 1 saturated heterocycles. The minimum absolute atomic E-state index is 0.0464. The molecule has 2 heterocycles. The van der Waals surface area contributed by atoms with E-state index in [1.165, 1.54) is 0 Å². The van der Waals surface area contributed by atoms with Crippen LogP contribution in [0.1, 0.15) is 12.2 Å². The lowest BCUT2D eigenvalue weighted by Gasteiger charge is -2.17. The van der Waals surface area contributed by atoms with Crippen molar-refractivity contribution in [3.63, 3.8) is 0 Å². The average molecular weight is 335 g/mol. The first-order valence-corrected chi connectivity index (χ1v) is 7.46. The fourth-order valence-electron chi connectivity index (χ4n) is 2.44. The lowest BCUT2D eigenvalue weighted by molar-refractivity contribution is -0.117. The molecule has 0 saturated carbocycles. The van der Waals surface area contributed by atoms with Gasteiger partial charge in [-0.3, -0.25) is 10.1 Å². The Morgan fingerprint density at radius 2 is 2.13 bits per heavy atom. The van der Waals surface area contributed by atoms with Gasteiger partial charge in [-0.2, -0.15) is 0 Å². The van der Waals surface area contributed by atoms with Gasteiger partial charge < -0.3 is 14.7 Å². The summed E-state index contributed by atoms with van der Waals surface area (Å²) in [5.74, 6) is 0.888. The fourth-order valence-corrected chi connectivity index (χ4v) is 2.56. The van der Waals surface area contributed by atoms with Crippen molar-refractivity contribution in [3.05, 3.63) is 41.1 Å². The van der Waals surface area contributed by atoms with Gasteiger partial charge in [-0.05, 0) is 31.2 Å². The molecule has 2 aromatic rings. The SMILES string of the molecule is Cc1cc(NC(=O)N[C@@H]2CC(=O)N(c3ccc(Cl)cc3)C2)no1. The lowest BCUT2D eigenvalue weighted by Crippen LogP contribution is -2.39. The van der Waals surface area contributed by atoms with E-state index >= 15 is 0 Å². The predicted octanol–water partition coefficient (Wildman–Crippen LogP) is 2.56. The normalized spacial score (nSPS) is 17.4. The van der Waals surface area contributed by atoms with Gasteiger partial charge in [0.15, 0.2) is 5.82 Å². The number of nitrogens with one attached hydrogen (secondary N) is 2. The molecule has 1 fully saturated rings. The van der Waals surface area contributed by atoms with Gasteiger partial charge in [0.1, 0.15) is 5.76 Å². The summed E-state index contributed by atoms with van der Waals surface area (Å²) < 4.78 is 4.87. The van der Waals surface area contributed by atoms with Crippen molar-refractivity contribution in [2.75, 3.05) is 16.8 Å². The quantitative estimate of drug-likeness (QED) is 0.903. The zero-order valence-corrected chi connectivity index (χ0v) is 13.1. The molecule has 0 unspecified atom stereocenters. The van der Waals surface area contributed by atoms with Gasteiger partial charge in [0.05, 0.1) is 6.04 Å². The summed E-state index contributed by atoms with van der Waals surface area (Å²) in [5, 5.41) is 9.61. The Hall–Kier alpha value is -2.54. The van der Waals surface area contributed by atoms with Gasteiger partial charge in [0, 0.05) is 29.7 Å². The average Bonchev–Trinajstić information content (AvgIpc) is 3.06. The number of hydrogen-bond donors (Lipinski definition) is 2. The van der Waals surface area contributed by atoms with Crippen LogP contribution in [0.3, 0.4) is 0 Å². The third-order valence-electron chi connectivity index (χ3n) is 3.47. The molecule has 0 spiro atoms. The van der Waals surface area contributed by atoms with Crippen molar-refractivity contribution in [2.24, 2.45) is 0 Å². The Labute approximate surface area is 137 Å². The first kappa shape index (κ1) is 15.4. The van der Waals surface area contributed by atoms with Crippen LogP contribution in [0.15, 0.2) is 34.9 Å². The highest BCUT2D eigenvalue weighted by atomic mass is 35.5. The fraction of sp³-hybridized carbons (Fsp3) is 0.267. The van der Waals surface area contributed by atoms with Crippen LogP contribution < -0.4 is 15.5 Å². The zero-order valence-electron chi connectivity index (χ0n) is 12.4. The number of nitrogens with zero attached hydrogens (tertiary/aromatic N) is 2. The smallest absolute Gasteiger partial charge is 0.320 e. The number of hydrogen-bond acceptors (Lipinski definition) is 4. The molecule has 23 heavy (non-hydrogen) atoms. The maximum absolute atomic E-state index is 12.1. The van der Waals surface area contributed by atoms with Crippen LogP contribution in [-0.2, 0) is 4.79 Å². The van der Waals surface area contributed by atoms with Crippen LogP contribution in [0.2, 0.25) is 5.02 Å². The van der Waals surface area contributed by atoms with Crippen LogP contribution in [0.25, 0.3) is 0 Å². The van der Waals surface area contributed by atoms with Gasteiger partial charge in [-0.25, -0.2) is 4.79 Å². The van der Waals surface area contributed by atoms with E-state index in [0.29, 0.717) is 23.1 Å². The Balaban J connectivity index is 1.59. The number of aromatic nitrogens is 1. The molecule has 7 nitrogen and oxygen atoms in total. The predicted molar refractivity (Wildman–Crippen MR) is 85.6 cm³/mol. The number of amides is 3. The van der Waals surface area contributed by atoms with Crippen LogP contribution in [0.4, 0.5) is 16.3 Å². The monoisotopic (exact) mass is 334 g/mol. The van der Waals surface area contributed by atoms with Gasteiger partial charge in [0.25, 0.3) is 0 Å². The van der Waals surface area contributed by atoms with E-state index < -0.39 is 6.03 Å². The summed E-state index contributed by atoms with van der Waals surface area (Å²) in [7, 11) is 0. The second-order valence-electron chi connectivity index (χ2n) is 5.30. The molecule has 1 aliphatic rings. The van der Waals surface area contributed by atoms with Crippen molar-refractivity contribution in [2.45, 2.75) is 19.4 Å². The third kappa shape index (κ3) is 3.62. The van der Waals surface area contributed by atoms with E-state index in [9.17, 15) is 9.59 Å². The minimum Gasteiger partial charge on any atom is -0.360 e. The second kappa shape index (κ2) is 6.29. The summed E-state index contributed by atoms with van der Waals surface area (Å²) >= 11 is 5.85. The van der Waals surface area contributed by atoms with Crippen molar-refractivity contribution < 1.29 is 14.1 Å². The molecule has 0 radical (unpaired) electrons. The molecular weight excluding hydrogens is 320 g/mol. The van der Waals surface area contributed by atoms with Crippen molar-refractivity contribution >= 4 is 35.0 Å². The van der Waals surface area contributed by atoms with Crippen LogP contribution >= 0.6 is 11.6 Å². The number of anilines is 2. The first-order valence-electron chi connectivity index (χ1n) is 7.08. The summed E-state index contributed by atoms with van der Waals surface area (Å²) in [4.78, 5) is 25.7. The van der Waals surface area contributed by atoms with E-state index in [0.717, 1.165) is 5.69 Å². The molecule has 1 aromatic carbocycles. The van der Waals surface area contributed by atoms with Gasteiger partial charge in [0.2, 0.25) is 5.91 Å². The largest absolute Gasteiger partial charge is 0.360 e. The minimum atomic E-state index is -0.422. The molecule has 3 rings (SSSR count). The second-order valence-corrected chi connectivity index (χ2v) is 5.74. The van der Waals surface area contributed by atoms with Gasteiger partial charge in [-0.1, -0.05) is 16.8 Å². The van der Waals surface area contributed by atoms with Crippen molar-refractivity contribution in [1.82, 2.24) is 10.5 Å². The Bertz CT molecular complexity index is 729. The van der Waals surface area contributed by atoms with Crippen molar-refractivity contribution in [1.29, 1.82) is 0 Å². The zero-order chi connectivity index (χ0) is 16.4. The third-order valence-corrected chi connectivity index (χ3v) is 3.72. The van der Waals surface area contributed by atoms with Crippen molar-refractivity contribution in [3.8, 4) is 0 Å². The highest BCUT2D eigenvalue weighted by Gasteiger charge is 2.31. The first-order chi connectivity index (χ1) is 11.0. The molecule has 0 aliphatic carbocycles. The summed E-state index contributed by atoms with van der Waals surface area (Å²) in [6, 6.07) is 7.93. The highest BCUT2D eigenvalue weighted by molar-refractivity contribution is 6.30. The summed E-state index contributed by atoms with van der Waals surface area (Å²) in [6.45, 7) is 2.14. The van der Waals surface area contributed by atoms with E-state index in [1.54, 1.807) is 42.2 Å². The topological polar surface area (TPSA) is 87.5 Å². The maximum Gasteiger partial charge on any atom is 0.320 e. The van der Waals surface area contributed by atoms with E-state index in [-0.39, 0.29) is 18.4 Å². The van der Waals surface area contributed by atoms with E-state index in [1.807, 2.05) is 0 Å². The standard InChI is InChI=1S/C15H15ClN4O3/c1-9-6-13(19-23-9)18-15(22)17-11-7-14(21)20(8-11)12-4-2-10(16)3-5-12/h2-6,11H,7-8H2,1H3,(H2,17,18,19,22)/t11-/m1/s1. The Morgan fingerprint density at radius 1 is 1.39 bits per heavy atom. The number of halogens is 1. The maximum atomic E-state index is 12.1. The number of urea groups is 1. The molecule has 1 aliphatic heterocycles. The number of rotatable bonds is 3. The molecule has 3 amide bonds. The summed E-state index contributed by atoms with van der Waals surface area (Å²) in [5.41, 5.74) is 0.760. The Morgan fingerprint density at radius 3 is 2.78 bits per heavy atom. The number of carbonyl (C=O) groups is 2. The molecule has 2 N–H and O–H groups in total. The molecule has 1 atom stereocenters.